The quantitative estimate of drug-likeness (QED) is 0.520. The van der Waals surface area contributed by atoms with E-state index >= 15 is 0 Å². The van der Waals surface area contributed by atoms with Crippen LogP contribution in [0.4, 0.5) is 14.5 Å². The Bertz CT molecular complexity index is 1230. The van der Waals surface area contributed by atoms with Crippen molar-refractivity contribution in [1.82, 2.24) is 14.8 Å². The number of ether oxygens (including phenoxy) is 2. The number of rotatable bonds is 6. The number of nitrogens with zero attached hydrogens (tertiary/aromatic N) is 3. The zero-order chi connectivity index (χ0) is 21.1. The SMILES string of the molecule is COc1ccc2cc(NC(=O)c3ccn(COc4ccc(F)cc4F)n3)cnc2c1. The van der Waals surface area contributed by atoms with E-state index in [1.54, 1.807) is 25.3 Å². The van der Waals surface area contributed by atoms with E-state index in [0.29, 0.717) is 11.4 Å². The predicted molar refractivity (Wildman–Crippen MR) is 105 cm³/mol. The molecule has 0 bridgehead atoms. The summed E-state index contributed by atoms with van der Waals surface area (Å²) >= 11 is 0. The summed E-state index contributed by atoms with van der Waals surface area (Å²) in [6.07, 6.45) is 3.05. The normalized spacial score (nSPS) is 10.8. The molecule has 0 radical (unpaired) electrons. The monoisotopic (exact) mass is 410 g/mol. The van der Waals surface area contributed by atoms with E-state index in [2.05, 4.69) is 15.4 Å². The van der Waals surface area contributed by atoms with Crippen molar-refractivity contribution in [1.29, 1.82) is 0 Å². The molecule has 9 heteroatoms. The van der Waals surface area contributed by atoms with Crippen molar-refractivity contribution >= 4 is 22.5 Å². The number of nitrogens with one attached hydrogen (secondary N) is 1. The molecule has 2 heterocycles. The summed E-state index contributed by atoms with van der Waals surface area (Å²) in [6.45, 7) is -0.144. The van der Waals surface area contributed by atoms with Crippen LogP contribution in [0.3, 0.4) is 0 Å². The highest BCUT2D eigenvalue weighted by Gasteiger charge is 2.12. The molecule has 0 unspecified atom stereocenters. The largest absolute Gasteiger partial charge is 0.497 e. The lowest BCUT2D eigenvalue weighted by Gasteiger charge is -2.07. The van der Waals surface area contributed by atoms with E-state index in [-0.39, 0.29) is 18.2 Å². The molecular weight excluding hydrogens is 394 g/mol. The molecule has 152 valence electrons. The standard InChI is InChI=1S/C21H16F2N4O3/c1-29-16-4-2-13-8-15(11-24-19(13)10-16)25-21(28)18-6-7-27(26-18)12-30-20-5-3-14(22)9-17(20)23/h2-11H,12H2,1H3,(H,25,28). The second-order valence-corrected chi connectivity index (χ2v) is 6.33. The van der Waals surface area contributed by atoms with Gasteiger partial charge in [0.05, 0.1) is 24.5 Å². The van der Waals surface area contributed by atoms with Crippen molar-refractivity contribution < 1.29 is 23.0 Å². The highest BCUT2D eigenvalue weighted by molar-refractivity contribution is 6.03. The number of hydrogen-bond acceptors (Lipinski definition) is 5. The summed E-state index contributed by atoms with van der Waals surface area (Å²) in [5.41, 5.74) is 1.40. The van der Waals surface area contributed by atoms with Gasteiger partial charge in [0.1, 0.15) is 11.6 Å². The number of anilines is 1. The van der Waals surface area contributed by atoms with Gasteiger partial charge < -0.3 is 14.8 Å². The van der Waals surface area contributed by atoms with Gasteiger partial charge in [0.25, 0.3) is 5.91 Å². The van der Waals surface area contributed by atoms with Crippen LogP contribution >= 0.6 is 0 Å². The molecular formula is C21H16F2N4O3. The number of carbonyl (C=O) groups excluding carboxylic acids is 1. The van der Waals surface area contributed by atoms with E-state index < -0.39 is 17.5 Å². The topological polar surface area (TPSA) is 78.3 Å². The molecule has 4 aromatic rings. The second-order valence-electron chi connectivity index (χ2n) is 6.33. The maximum absolute atomic E-state index is 13.6. The number of halogens is 2. The number of hydrogen-bond donors (Lipinski definition) is 1. The molecule has 0 spiro atoms. The first-order chi connectivity index (χ1) is 14.5. The molecule has 0 fully saturated rings. The number of benzene rings is 2. The Morgan fingerprint density at radius 3 is 2.80 bits per heavy atom. The zero-order valence-electron chi connectivity index (χ0n) is 15.8. The molecule has 30 heavy (non-hydrogen) atoms. The van der Waals surface area contributed by atoms with Crippen LogP contribution in [-0.2, 0) is 6.73 Å². The third kappa shape index (κ3) is 4.19. The third-order valence-corrected chi connectivity index (χ3v) is 4.27. The van der Waals surface area contributed by atoms with Gasteiger partial charge in [0, 0.05) is 23.7 Å². The molecule has 4 rings (SSSR count). The third-order valence-electron chi connectivity index (χ3n) is 4.27. The summed E-state index contributed by atoms with van der Waals surface area (Å²) in [5.74, 6) is -1.37. The lowest BCUT2D eigenvalue weighted by Crippen LogP contribution is -2.14. The molecule has 0 saturated carbocycles. The van der Waals surface area contributed by atoms with Crippen molar-refractivity contribution in [2.24, 2.45) is 0 Å². The van der Waals surface area contributed by atoms with Crippen LogP contribution in [0.25, 0.3) is 10.9 Å². The first-order valence-electron chi connectivity index (χ1n) is 8.88. The Labute approximate surface area is 169 Å². The van der Waals surface area contributed by atoms with E-state index in [9.17, 15) is 13.6 Å². The Morgan fingerprint density at radius 1 is 1.13 bits per heavy atom. The van der Waals surface area contributed by atoms with Crippen molar-refractivity contribution in [3.05, 3.63) is 78.3 Å². The van der Waals surface area contributed by atoms with Crippen molar-refractivity contribution in [2.45, 2.75) is 6.73 Å². The first-order valence-corrected chi connectivity index (χ1v) is 8.88. The molecule has 0 atom stereocenters. The van der Waals surface area contributed by atoms with Crippen LogP contribution in [-0.4, -0.2) is 27.8 Å². The zero-order valence-corrected chi connectivity index (χ0v) is 15.8. The lowest BCUT2D eigenvalue weighted by molar-refractivity contribution is 0.102. The Balaban J connectivity index is 1.41. The Kier molecular flexibility index (Phi) is 5.25. The van der Waals surface area contributed by atoms with Crippen LogP contribution in [0.1, 0.15) is 10.5 Å². The van der Waals surface area contributed by atoms with Gasteiger partial charge in [-0.05, 0) is 36.4 Å². The van der Waals surface area contributed by atoms with Crippen molar-refractivity contribution in [2.75, 3.05) is 12.4 Å². The predicted octanol–water partition coefficient (Wildman–Crippen LogP) is 4.01. The number of fused-ring (bicyclic) bond motifs is 1. The van der Waals surface area contributed by atoms with Gasteiger partial charge in [-0.2, -0.15) is 5.10 Å². The van der Waals surface area contributed by atoms with Crippen molar-refractivity contribution in [3.8, 4) is 11.5 Å². The van der Waals surface area contributed by atoms with Gasteiger partial charge in [-0.1, -0.05) is 0 Å². The summed E-state index contributed by atoms with van der Waals surface area (Å²) in [4.78, 5) is 16.8. The minimum atomic E-state index is -0.818. The molecule has 0 saturated heterocycles. The summed E-state index contributed by atoms with van der Waals surface area (Å²) in [7, 11) is 1.58. The van der Waals surface area contributed by atoms with Gasteiger partial charge in [0.15, 0.2) is 24.0 Å². The second kappa shape index (κ2) is 8.16. The fraction of sp³-hybridized carbons (Fsp3) is 0.0952. The van der Waals surface area contributed by atoms with E-state index in [1.807, 2.05) is 6.07 Å². The molecule has 0 aliphatic carbocycles. The van der Waals surface area contributed by atoms with Crippen LogP contribution in [0.2, 0.25) is 0 Å². The van der Waals surface area contributed by atoms with Crippen LogP contribution in [0, 0.1) is 11.6 Å². The Hall–Kier alpha value is -4.01. The number of amides is 1. The van der Waals surface area contributed by atoms with E-state index in [0.717, 1.165) is 23.0 Å². The molecule has 2 aromatic carbocycles. The highest BCUT2D eigenvalue weighted by Crippen LogP contribution is 2.22. The highest BCUT2D eigenvalue weighted by atomic mass is 19.1. The maximum atomic E-state index is 13.6. The molecule has 2 aromatic heterocycles. The maximum Gasteiger partial charge on any atom is 0.276 e. The molecule has 1 amide bonds. The van der Waals surface area contributed by atoms with Gasteiger partial charge in [-0.25, -0.2) is 13.5 Å². The van der Waals surface area contributed by atoms with E-state index in [4.69, 9.17) is 9.47 Å². The fourth-order valence-electron chi connectivity index (χ4n) is 2.77. The number of pyridine rings is 1. The minimum absolute atomic E-state index is 0.114. The molecule has 7 nitrogen and oxygen atoms in total. The Morgan fingerprint density at radius 2 is 2.00 bits per heavy atom. The van der Waals surface area contributed by atoms with Crippen molar-refractivity contribution in [3.63, 3.8) is 0 Å². The summed E-state index contributed by atoms with van der Waals surface area (Å²) in [5, 5.41) is 7.67. The van der Waals surface area contributed by atoms with Crippen LogP contribution in [0.15, 0.2) is 60.9 Å². The van der Waals surface area contributed by atoms with Crippen LogP contribution < -0.4 is 14.8 Å². The summed E-state index contributed by atoms with van der Waals surface area (Å²) < 4.78 is 38.3. The number of aromatic nitrogens is 3. The molecule has 0 aliphatic rings. The molecule has 0 aliphatic heterocycles. The minimum Gasteiger partial charge on any atom is -0.497 e. The number of carbonyl (C=O) groups is 1. The van der Waals surface area contributed by atoms with Gasteiger partial charge in [0.2, 0.25) is 0 Å². The van der Waals surface area contributed by atoms with Gasteiger partial charge in [-0.15, -0.1) is 0 Å². The average molecular weight is 410 g/mol. The molecule has 1 N–H and O–H groups in total. The average Bonchev–Trinajstić information content (AvgIpc) is 3.22. The fourth-order valence-corrected chi connectivity index (χ4v) is 2.77. The van der Waals surface area contributed by atoms with E-state index in [1.165, 1.54) is 29.2 Å². The number of methoxy groups -OCH3 is 1. The smallest absolute Gasteiger partial charge is 0.276 e. The van der Waals surface area contributed by atoms with Gasteiger partial charge >= 0.3 is 0 Å². The first kappa shape index (κ1) is 19.3. The van der Waals surface area contributed by atoms with Crippen LogP contribution in [0.5, 0.6) is 11.5 Å². The van der Waals surface area contributed by atoms with Gasteiger partial charge in [-0.3, -0.25) is 9.78 Å². The lowest BCUT2D eigenvalue weighted by atomic mass is 10.2. The summed E-state index contributed by atoms with van der Waals surface area (Å²) in [6, 6.07) is 11.7.